The molecule has 2 aromatic rings. The molecule has 5 heteroatoms. The Kier molecular flexibility index (Phi) is 4.60. The second-order valence-electron chi connectivity index (χ2n) is 6.49. The van der Waals surface area contributed by atoms with Gasteiger partial charge < -0.3 is 4.74 Å². The first-order valence-corrected chi connectivity index (χ1v) is 9.70. The topological polar surface area (TPSA) is 46.6 Å². The van der Waals surface area contributed by atoms with Crippen molar-refractivity contribution in [2.24, 2.45) is 0 Å². The quantitative estimate of drug-likeness (QED) is 0.821. The molecule has 0 aliphatic carbocycles. The molecule has 0 radical (unpaired) electrons. The van der Waals surface area contributed by atoms with E-state index in [1.807, 2.05) is 51.1 Å². The number of benzene rings is 2. The van der Waals surface area contributed by atoms with E-state index in [0.717, 1.165) is 28.0 Å². The van der Waals surface area contributed by atoms with Crippen molar-refractivity contribution in [1.82, 2.24) is 4.31 Å². The Morgan fingerprint density at radius 3 is 2.36 bits per heavy atom. The van der Waals surface area contributed by atoms with E-state index in [4.69, 9.17) is 4.74 Å². The first-order chi connectivity index (χ1) is 11.8. The summed E-state index contributed by atoms with van der Waals surface area (Å²) < 4.78 is 33.3. The lowest BCUT2D eigenvalue weighted by Crippen LogP contribution is -2.28. The molecular formula is C20H23NO3S. The second kappa shape index (κ2) is 6.56. The molecule has 1 atom stereocenters. The zero-order valence-electron chi connectivity index (χ0n) is 15.0. The molecule has 0 spiro atoms. The maximum absolute atomic E-state index is 13.1. The lowest BCUT2D eigenvalue weighted by molar-refractivity contribution is 0.380. The standard InChI is InChI=1S/C20H23NO3S/c1-14-7-9-17(10-8-14)25(22,23)21-11-5-6-19(21)18-13-15(2)12-16(3)20(18)24-4/h5,7-13,19H,6H2,1-4H3. The van der Waals surface area contributed by atoms with E-state index >= 15 is 0 Å². The molecule has 2 aromatic carbocycles. The number of hydrogen-bond acceptors (Lipinski definition) is 3. The predicted molar refractivity (Wildman–Crippen MR) is 99.2 cm³/mol. The molecule has 1 unspecified atom stereocenters. The van der Waals surface area contributed by atoms with Crippen LogP contribution in [0.3, 0.4) is 0 Å². The van der Waals surface area contributed by atoms with Crippen LogP contribution in [-0.2, 0) is 10.0 Å². The molecule has 0 amide bonds. The minimum absolute atomic E-state index is 0.292. The van der Waals surface area contributed by atoms with E-state index in [0.29, 0.717) is 11.3 Å². The Bertz CT molecular complexity index is 915. The third-order valence-corrected chi connectivity index (χ3v) is 6.33. The third kappa shape index (κ3) is 3.16. The molecule has 0 saturated heterocycles. The van der Waals surface area contributed by atoms with Gasteiger partial charge in [-0.25, -0.2) is 8.42 Å². The van der Waals surface area contributed by atoms with Gasteiger partial charge in [0, 0.05) is 11.8 Å². The predicted octanol–water partition coefficient (Wildman–Crippen LogP) is 4.27. The Morgan fingerprint density at radius 1 is 1.04 bits per heavy atom. The molecule has 1 aliphatic rings. The number of rotatable bonds is 4. The fraction of sp³-hybridized carbons (Fsp3) is 0.300. The van der Waals surface area contributed by atoms with E-state index in [-0.39, 0.29) is 6.04 Å². The van der Waals surface area contributed by atoms with Crippen molar-refractivity contribution in [3.8, 4) is 5.75 Å². The van der Waals surface area contributed by atoms with Gasteiger partial charge in [0.1, 0.15) is 5.75 Å². The summed E-state index contributed by atoms with van der Waals surface area (Å²) in [6.07, 6.45) is 4.19. The zero-order valence-corrected chi connectivity index (χ0v) is 15.8. The first-order valence-electron chi connectivity index (χ1n) is 8.26. The van der Waals surface area contributed by atoms with Crippen LogP contribution in [0, 0.1) is 20.8 Å². The van der Waals surface area contributed by atoms with Crippen molar-refractivity contribution < 1.29 is 13.2 Å². The molecule has 25 heavy (non-hydrogen) atoms. The summed E-state index contributed by atoms with van der Waals surface area (Å²) in [5.74, 6) is 0.753. The van der Waals surface area contributed by atoms with Gasteiger partial charge in [0.05, 0.1) is 18.0 Å². The monoisotopic (exact) mass is 357 g/mol. The molecular weight excluding hydrogens is 334 g/mol. The summed E-state index contributed by atoms with van der Waals surface area (Å²) in [7, 11) is -1.99. The molecule has 0 saturated carbocycles. The van der Waals surface area contributed by atoms with Gasteiger partial charge in [-0.15, -0.1) is 0 Å². The molecule has 0 aromatic heterocycles. The molecule has 4 nitrogen and oxygen atoms in total. The van der Waals surface area contributed by atoms with Gasteiger partial charge in [0.2, 0.25) is 0 Å². The summed E-state index contributed by atoms with van der Waals surface area (Å²) in [4.78, 5) is 0.304. The summed E-state index contributed by atoms with van der Waals surface area (Å²) in [6, 6.07) is 10.7. The number of nitrogens with zero attached hydrogens (tertiary/aromatic N) is 1. The molecule has 0 bridgehead atoms. The highest BCUT2D eigenvalue weighted by Gasteiger charge is 2.34. The van der Waals surface area contributed by atoms with Crippen molar-refractivity contribution in [3.05, 3.63) is 70.9 Å². The number of methoxy groups -OCH3 is 1. The average molecular weight is 357 g/mol. The van der Waals surface area contributed by atoms with Crippen molar-refractivity contribution >= 4 is 10.0 Å². The number of ether oxygens (including phenoxy) is 1. The first kappa shape index (κ1) is 17.5. The van der Waals surface area contributed by atoms with Gasteiger partial charge in [-0.05, 0) is 44.9 Å². The molecule has 1 heterocycles. The second-order valence-corrected chi connectivity index (χ2v) is 8.33. The van der Waals surface area contributed by atoms with Crippen molar-refractivity contribution in [3.63, 3.8) is 0 Å². The van der Waals surface area contributed by atoms with Crippen LogP contribution in [0.4, 0.5) is 0 Å². The molecule has 0 N–H and O–H groups in total. The van der Waals surface area contributed by atoms with Crippen LogP contribution in [0.1, 0.15) is 34.7 Å². The molecule has 0 fully saturated rings. The van der Waals surface area contributed by atoms with E-state index < -0.39 is 10.0 Å². The molecule has 132 valence electrons. The Labute approximate surface area is 149 Å². The van der Waals surface area contributed by atoms with Crippen molar-refractivity contribution in [2.45, 2.75) is 38.1 Å². The Balaban J connectivity index is 2.07. The average Bonchev–Trinajstić information content (AvgIpc) is 3.05. The summed E-state index contributed by atoms with van der Waals surface area (Å²) in [5, 5.41) is 0. The van der Waals surface area contributed by atoms with Gasteiger partial charge in [-0.2, -0.15) is 0 Å². The van der Waals surface area contributed by atoms with Crippen LogP contribution in [0.25, 0.3) is 0 Å². The Hall–Kier alpha value is -2.27. The zero-order chi connectivity index (χ0) is 18.2. The largest absolute Gasteiger partial charge is 0.496 e. The number of hydrogen-bond donors (Lipinski definition) is 0. The highest BCUT2D eigenvalue weighted by atomic mass is 32.2. The van der Waals surface area contributed by atoms with E-state index in [9.17, 15) is 8.42 Å². The van der Waals surface area contributed by atoms with Gasteiger partial charge >= 0.3 is 0 Å². The molecule has 3 rings (SSSR count). The van der Waals surface area contributed by atoms with Crippen LogP contribution < -0.4 is 4.74 Å². The number of sulfonamides is 1. The SMILES string of the molecule is COc1c(C)cc(C)cc1C1CC=CN1S(=O)(=O)c1ccc(C)cc1. The smallest absolute Gasteiger partial charge is 0.264 e. The fourth-order valence-electron chi connectivity index (χ4n) is 3.36. The summed E-state index contributed by atoms with van der Waals surface area (Å²) in [5.41, 5.74) is 4.04. The minimum atomic E-state index is -3.61. The van der Waals surface area contributed by atoms with E-state index in [2.05, 4.69) is 0 Å². The van der Waals surface area contributed by atoms with E-state index in [1.165, 1.54) is 4.31 Å². The van der Waals surface area contributed by atoms with Crippen molar-refractivity contribution in [2.75, 3.05) is 7.11 Å². The van der Waals surface area contributed by atoms with Gasteiger partial charge in [0.15, 0.2) is 0 Å². The minimum Gasteiger partial charge on any atom is -0.496 e. The van der Waals surface area contributed by atoms with Crippen molar-refractivity contribution in [1.29, 1.82) is 0 Å². The Morgan fingerprint density at radius 2 is 1.72 bits per heavy atom. The van der Waals surface area contributed by atoms with E-state index in [1.54, 1.807) is 25.4 Å². The highest BCUT2D eigenvalue weighted by molar-refractivity contribution is 7.89. The summed E-state index contributed by atoms with van der Waals surface area (Å²) >= 11 is 0. The van der Waals surface area contributed by atoms with Crippen LogP contribution in [0.15, 0.2) is 53.6 Å². The maximum Gasteiger partial charge on any atom is 0.264 e. The summed E-state index contributed by atoms with van der Waals surface area (Å²) in [6.45, 7) is 5.93. The highest BCUT2D eigenvalue weighted by Crippen LogP contribution is 2.41. The fourth-order valence-corrected chi connectivity index (χ4v) is 4.86. The molecule has 1 aliphatic heterocycles. The van der Waals surface area contributed by atoms with Crippen LogP contribution in [-0.4, -0.2) is 19.8 Å². The third-order valence-electron chi connectivity index (χ3n) is 4.53. The van der Waals surface area contributed by atoms with Gasteiger partial charge in [-0.3, -0.25) is 4.31 Å². The lowest BCUT2D eigenvalue weighted by atomic mass is 9.98. The van der Waals surface area contributed by atoms with Crippen LogP contribution >= 0.6 is 0 Å². The van der Waals surface area contributed by atoms with Crippen LogP contribution in [0.2, 0.25) is 0 Å². The van der Waals surface area contributed by atoms with Gasteiger partial charge in [0.25, 0.3) is 10.0 Å². The lowest BCUT2D eigenvalue weighted by Gasteiger charge is -2.27. The van der Waals surface area contributed by atoms with Crippen LogP contribution in [0.5, 0.6) is 5.75 Å². The van der Waals surface area contributed by atoms with Gasteiger partial charge in [-0.1, -0.05) is 41.5 Å². The normalized spacial score (nSPS) is 17.1. The number of aryl methyl sites for hydroxylation is 3. The maximum atomic E-state index is 13.1.